The molecule has 18 heavy (non-hydrogen) atoms. The van der Waals surface area contributed by atoms with E-state index in [2.05, 4.69) is 15.3 Å². The fourth-order valence-corrected chi connectivity index (χ4v) is 1.31. The molecule has 0 aliphatic carbocycles. The second-order valence-corrected chi connectivity index (χ2v) is 5.28. The van der Waals surface area contributed by atoms with E-state index in [4.69, 9.17) is 22.1 Å². The normalized spacial score (nSPS) is 13.0. The molecule has 0 aromatic carbocycles. The van der Waals surface area contributed by atoms with Crippen molar-refractivity contribution in [3.8, 4) is 5.88 Å². The van der Waals surface area contributed by atoms with Gasteiger partial charge in [-0.25, -0.2) is 4.98 Å². The molecule has 6 nitrogen and oxygen atoms in total. The summed E-state index contributed by atoms with van der Waals surface area (Å²) in [4.78, 5) is 19.7. The van der Waals surface area contributed by atoms with Gasteiger partial charge in [-0.05, 0) is 5.41 Å². The average Bonchev–Trinajstić information content (AvgIpc) is 2.25. The lowest BCUT2D eigenvalue weighted by molar-refractivity contribution is -0.119. The fraction of sp³-hybridized carbons (Fsp3) is 0.545. The Bertz CT molecular complexity index is 445. The molecule has 1 amide bonds. The number of carbonyl (C=O) groups excluding carboxylic acids is 1. The molecule has 1 unspecified atom stereocenters. The lowest BCUT2D eigenvalue weighted by atomic mass is 9.87. The van der Waals surface area contributed by atoms with Crippen LogP contribution in [0.15, 0.2) is 6.07 Å². The molecule has 0 fully saturated rings. The van der Waals surface area contributed by atoms with Crippen LogP contribution in [-0.2, 0) is 4.79 Å². The van der Waals surface area contributed by atoms with Crippen LogP contribution >= 0.6 is 11.6 Å². The first-order chi connectivity index (χ1) is 8.24. The molecule has 0 saturated carbocycles. The van der Waals surface area contributed by atoms with Gasteiger partial charge in [0, 0.05) is 6.07 Å². The van der Waals surface area contributed by atoms with Crippen LogP contribution in [0.4, 0.5) is 5.95 Å². The largest absolute Gasteiger partial charge is 0.481 e. The third-order valence-corrected chi connectivity index (χ3v) is 2.52. The second-order valence-electron chi connectivity index (χ2n) is 4.89. The van der Waals surface area contributed by atoms with Crippen molar-refractivity contribution in [1.29, 1.82) is 0 Å². The number of nitrogens with zero attached hydrogens (tertiary/aromatic N) is 2. The van der Waals surface area contributed by atoms with Crippen molar-refractivity contribution in [2.45, 2.75) is 26.8 Å². The first-order valence-corrected chi connectivity index (χ1v) is 5.77. The fourth-order valence-electron chi connectivity index (χ4n) is 1.14. The third-order valence-electron chi connectivity index (χ3n) is 2.33. The van der Waals surface area contributed by atoms with Gasteiger partial charge in [0.15, 0.2) is 0 Å². The first-order valence-electron chi connectivity index (χ1n) is 5.39. The number of carbonyl (C=O) groups is 1. The predicted molar refractivity (Wildman–Crippen MR) is 69.7 cm³/mol. The number of anilines is 1. The lowest BCUT2D eigenvalue weighted by Gasteiger charge is -2.25. The molecule has 1 aromatic rings. The van der Waals surface area contributed by atoms with Crippen molar-refractivity contribution in [1.82, 2.24) is 9.97 Å². The quantitative estimate of drug-likeness (QED) is 0.813. The molecular formula is C11H17ClN4O2. The van der Waals surface area contributed by atoms with E-state index in [0.717, 1.165) is 0 Å². The lowest BCUT2D eigenvalue weighted by Crippen LogP contribution is -2.45. The van der Waals surface area contributed by atoms with Crippen molar-refractivity contribution in [2.24, 2.45) is 11.1 Å². The van der Waals surface area contributed by atoms with E-state index in [9.17, 15) is 4.79 Å². The SMILES string of the molecule is COc1cc(Cl)nc(NC(=O)C(N)C(C)(C)C)n1. The Labute approximate surface area is 111 Å². The number of aromatic nitrogens is 2. The zero-order valence-corrected chi connectivity index (χ0v) is 11.6. The minimum atomic E-state index is -0.675. The van der Waals surface area contributed by atoms with Gasteiger partial charge in [0.05, 0.1) is 13.2 Å². The van der Waals surface area contributed by atoms with E-state index in [0.29, 0.717) is 0 Å². The van der Waals surface area contributed by atoms with Gasteiger partial charge in [-0.1, -0.05) is 32.4 Å². The number of amides is 1. The Morgan fingerprint density at radius 2 is 2.11 bits per heavy atom. The van der Waals surface area contributed by atoms with E-state index in [1.165, 1.54) is 13.2 Å². The summed E-state index contributed by atoms with van der Waals surface area (Å²) in [6.45, 7) is 5.62. The summed E-state index contributed by atoms with van der Waals surface area (Å²) in [5, 5.41) is 2.70. The van der Waals surface area contributed by atoms with Crippen molar-refractivity contribution in [3.63, 3.8) is 0 Å². The van der Waals surface area contributed by atoms with Crippen LogP contribution in [0, 0.1) is 5.41 Å². The number of hydrogen-bond acceptors (Lipinski definition) is 5. The van der Waals surface area contributed by atoms with Crippen LogP contribution in [-0.4, -0.2) is 29.0 Å². The Balaban J connectivity index is 2.85. The number of hydrogen-bond donors (Lipinski definition) is 2. The van der Waals surface area contributed by atoms with Gasteiger partial charge in [-0.2, -0.15) is 4.98 Å². The summed E-state index contributed by atoms with van der Waals surface area (Å²) in [5.74, 6) is -0.0227. The maximum absolute atomic E-state index is 11.9. The van der Waals surface area contributed by atoms with Gasteiger partial charge in [0.25, 0.3) is 0 Å². The molecule has 7 heteroatoms. The van der Waals surface area contributed by atoms with Crippen LogP contribution < -0.4 is 15.8 Å². The molecule has 1 atom stereocenters. The van der Waals surface area contributed by atoms with E-state index < -0.39 is 6.04 Å². The van der Waals surface area contributed by atoms with E-state index >= 15 is 0 Å². The Morgan fingerprint density at radius 3 is 2.61 bits per heavy atom. The average molecular weight is 273 g/mol. The van der Waals surface area contributed by atoms with Gasteiger partial charge >= 0.3 is 0 Å². The van der Waals surface area contributed by atoms with E-state index in [-0.39, 0.29) is 28.3 Å². The van der Waals surface area contributed by atoms with Crippen molar-refractivity contribution >= 4 is 23.5 Å². The third kappa shape index (κ3) is 3.82. The molecule has 1 heterocycles. The van der Waals surface area contributed by atoms with Crippen LogP contribution in [0.5, 0.6) is 5.88 Å². The van der Waals surface area contributed by atoms with E-state index in [1.807, 2.05) is 20.8 Å². The molecule has 1 aromatic heterocycles. The summed E-state index contributed by atoms with van der Waals surface area (Å²) >= 11 is 5.77. The van der Waals surface area contributed by atoms with Gasteiger partial charge in [-0.3, -0.25) is 10.1 Å². The standard InChI is InChI=1S/C11H17ClN4O2/c1-11(2,3)8(13)9(17)16-10-14-6(12)5-7(15-10)18-4/h5,8H,13H2,1-4H3,(H,14,15,16,17). The topological polar surface area (TPSA) is 90.1 Å². The molecule has 100 valence electrons. The van der Waals surface area contributed by atoms with Crippen molar-refractivity contribution in [2.75, 3.05) is 12.4 Å². The van der Waals surface area contributed by atoms with Gasteiger partial charge in [0.2, 0.25) is 17.7 Å². The summed E-state index contributed by atoms with van der Waals surface area (Å²) in [5.41, 5.74) is 5.46. The molecule has 0 radical (unpaired) electrons. The highest BCUT2D eigenvalue weighted by Crippen LogP contribution is 2.20. The van der Waals surface area contributed by atoms with Crippen molar-refractivity contribution in [3.05, 3.63) is 11.2 Å². The molecule has 0 aliphatic rings. The zero-order valence-electron chi connectivity index (χ0n) is 10.8. The van der Waals surface area contributed by atoms with Crippen LogP contribution in [0.25, 0.3) is 0 Å². The summed E-state index contributed by atoms with van der Waals surface area (Å²) in [7, 11) is 1.45. The minimum absolute atomic E-state index is 0.0732. The van der Waals surface area contributed by atoms with Gasteiger partial charge < -0.3 is 10.5 Å². The zero-order chi connectivity index (χ0) is 13.9. The molecule has 0 saturated heterocycles. The number of methoxy groups -OCH3 is 1. The minimum Gasteiger partial charge on any atom is -0.481 e. The highest BCUT2D eigenvalue weighted by Gasteiger charge is 2.28. The number of ether oxygens (including phenoxy) is 1. The van der Waals surface area contributed by atoms with Crippen LogP contribution in [0.2, 0.25) is 5.15 Å². The Kier molecular flexibility index (Phi) is 4.48. The van der Waals surface area contributed by atoms with E-state index in [1.54, 1.807) is 0 Å². The van der Waals surface area contributed by atoms with Gasteiger partial charge in [0.1, 0.15) is 5.15 Å². The van der Waals surface area contributed by atoms with Crippen LogP contribution in [0.1, 0.15) is 20.8 Å². The summed E-state index contributed by atoms with van der Waals surface area (Å²) in [6, 6.07) is 0.770. The predicted octanol–water partition coefficient (Wildman–Crippen LogP) is 1.45. The summed E-state index contributed by atoms with van der Waals surface area (Å²) < 4.78 is 4.93. The second kappa shape index (κ2) is 5.49. The van der Waals surface area contributed by atoms with Gasteiger partial charge in [-0.15, -0.1) is 0 Å². The molecule has 0 bridgehead atoms. The maximum atomic E-state index is 11.9. The molecule has 0 aliphatic heterocycles. The Hall–Kier alpha value is -1.40. The number of rotatable bonds is 3. The smallest absolute Gasteiger partial charge is 0.244 e. The number of nitrogens with two attached hydrogens (primary N) is 1. The van der Waals surface area contributed by atoms with Crippen molar-refractivity contribution < 1.29 is 9.53 Å². The molecule has 0 spiro atoms. The number of halogens is 1. The first kappa shape index (κ1) is 14.7. The molecular weight excluding hydrogens is 256 g/mol. The summed E-state index contributed by atoms with van der Waals surface area (Å²) in [6.07, 6.45) is 0. The molecule has 3 N–H and O–H groups in total. The maximum Gasteiger partial charge on any atom is 0.244 e. The highest BCUT2D eigenvalue weighted by atomic mass is 35.5. The Morgan fingerprint density at radius 1 is 1.50 bits per heavy atom. The monoisotopic (exact) mass is 272 g/mol. The number of nitrogens with one attached hydrogen (secondary N) is 1. The molecule has 1 rings (SSSR count). The highest BCUT2D eigenvalue weighted by molar-refractivity contribution is 6.29. The van der Waals surface area contributed by atoms with Crippen LogP contribution in [0.3, 0.4) is 0 Å².